The summed E-state index contributed by atoms with van der Waals surface area (Å²) in [5, 5.41) is 3.94. The SMILES string of the molecule is O=C(NCC1CCN(c2ccc(F)cc2)C1)C1(c2ccc(Cl)cc2)CCCC1. The van der Waals surface area contributed by atoms with E-state index < -0.39 is 5.41 Å². The van der Waals surface area contributed by atoms with E-state index in [4.69, 9.17) is 11.6 Å². The molecule has 1 heterocycles. The van der Waals surface area contributed by atoms with Crippen LogP contribution in [0.5, 0.6) is 0 Å². The van der Waals surface area contributed by atoms with E-state index in [1.165, 1.54) is 12.1 Å². The van der Waals surface area contributed by atoms with Crippen LogP contribution in [0.15, 0.2) is 48.5 Å². The van der Waals surface area contributed by atoms with Crippen molar-refractivity contribution in [3.8, 4) is 0 Å². The smallest absolute Gasteiger partial charge is 0.230 e. The Morgan fingerprint density at radius 1 is 1.11 bits per heavy atom. The van der Waals surface area contributed by atoms with Crippen molar-refractivity contribution in [1.82, 2.24) is 5.32 Å². The lowest BCUT2D eigenvalue weighted by molar-refractivity contribution is -0.126. The Morgan fingerprint density at radius 3 is 2.46 bits per heavy atom. The monoisotopic (exact) mass is 400 g/mol. The molecule has 1 saturated heterocycles. The van der Waals surface area contributed by atoms with Gasteiger partial charge < -0.3 is 10.2 Å². The molecule has 148 valence electrons. The molecule has 1 aliphatic heterocycles. The predicted molar refractivity (Wildman–Crippen MR) is 111 cm³/mol. The third kappa shape index (κ3) is 3.88. The number of carbonyl (C=O) groups excluding carboxylic acids is 1. The van der Waals surface area contributed by atoms with E-state index in [2.05, 4.69) is 10.2 Å². The number of nitrogens with zero attached hydrogens (tertiary/aromatic N) is 1. The fourth-order valence-electron chi connectivity index (χ4n) is 4.69. The molecule has 1 N–H and O–H groups in total. The maximum atomic E-state index is 13.2. The molecule has 28 heavy (non-hydrogen) atoms. The van der Waals surface area contributed by atoms with Crippen LogP contribution in [-0.4, -0.2) is 25.5 Å². The lowest BCUT2D eigenvalue weighted by Crippen LogP contribution is -2.44. The molecule has 1 atom stereocenters. The van der Waals surface area contributed by atoms with Gasteiger partial charge in [-0.15, -0.1) is 0 Å². The number of rotatable bonds is 5. The summed E-state index contributed by atoms with van der Waals surface area (Å²) >= 11 is 6.04. The van der Waals surface area contributed by atoms with Crippen molar-refractivity contribution in [2.75, 3.05) is 24.5 Å². The van der Waals surface area contributed by atoms with Gasteiger partial charge in [-0.1, -0.05) is 36.6 Å². The van der Waals surface area contributed by atoms with E-state index in [-0.39, 0.29) is 11.7 Å². The van der Waals surface area contributed by atoms with Gasteiger partial charge in [-0.3, -0.25) is 4.79 Å². The van der Waals surface area contributed by atoms with Gasteiger partial charge in [0.15, 0.2) is 0 Å². The Kier molecular flexibility index (Phi) is 5.58. The fourth-order valence-corrected chi connectivity index (χ4v) is 4.81. The number of hydrogen-bond acceptors (Lipinski definition) is 2. The molecule has 0 radical (unpaired) electrons. The number of anilines is 1. The minimum Gasteiger partial charge on any atom is -0.371 e. The maximum absolute atomic E-state index is 13.2. The molecule has 2 aromatic carbocycles. The van der Waals surface area contributed by atoms with E-state index in [1.54, 1.807) is 0 Å². The molecule has 1 aliphatic carbocycles. The van der Waals surface area contributed by atoms with Gasteiger partial charge >= 0.3 is 0 Å². The van der Waals surface area contributed by atoms with Gasteiger partial charge in [-0.25, -0.2) is 4.39 Å². The fraction of sp³-hybridized carbons (Fsp3) is 0.435. The van der Waals surface area contributed by atoms with Crippen LogP contribution in [-0.2, 0) is 10.2 Å². The summed E-state index contributed by atoms with van der Waals surface area (Å²) in [6.07, 6.45) is 4.99. The summed E-state index contributed by atoms with van der Waals surface area (Å²) < 4.78 is 13.1. The van der Waals surface area contributed by atoms with Crippen LogP contribution in [0.3, 0.4) is 0 Å². The van der Waals surface area contributed by atoms with Crippen LogP contribution in [0.25, 0.3) is 0 Å². The molecule has 2 fully saturated rings. The number of nitrogens with one attached hydrogen (secondary N) is 1. The summed E-state index contributed by atoms with van der Waals surface area (Å²) in [5.74, 6) is 0.348. The van der Waals surface area contributed by atoms with Gasteiger partial charge in [0.1, 0.15) is 5.82 Å². The number of halogens is 2. The zero-order valence-electron chi connectivity index (χ0n) is 16.0. The minimum absolute atomic E-state index is 0.146. The molecule has 3 nitrogen and oxygen atoms in total. The molecular formula is C23H26ClFN2O. The molecule has 2 aliphatic rings. The molecule has 5 heteroatoms. The lowest BCUT2D eigenvalue weighted by Gasteiger charge is -2.29. The second-order valence-corrected chi connectivity index (χ2v) is 8.52. The number of carbonyl (C=O) groups is 1. The summed E-state index contributed by atoms with van der Waals surface area (Å²) in [4.78, 5) is 15.5. The second-order valence-electron chi connectivity index (χ2n) is 8.08. The highest BCUT2D eigenvalue weighted by molar-refractivity contribution is 6.30. The Bertz CT molecular complexity index is 816. The molecule has 2 aromatic rings. The molecule has 0 bridgehead atoms. The van der Waals surface area contributed by atoms with Gasteiger partial charge in [0.2, 0.25) is 5.91 Å². The lowest BCUT2D eigenvalue weighted by atomic mass is 9.78. The molecule has 0 spiro atoms. The van der Waals surface area contributed by atoms with E-state index >= 15 is 0 Å². The van der Waals surface area contributed by atoms with Gasteiger partial charge in [-0.2, -0.15) is 0 Å². The second kappa shape index (κ2) is 8.12. The largest absolute Gasteiger partial charge is 0.371 e. The summed E-state index contributed by atoms with van der Waals surface area (Å²) in [6, 6.07) is 14.4. The summed E-state index contributed by atoms with van der Waals surface area (Å²) in [7, 11) is 0. The zero-order chi connectivity index (χ0) is 19.6. The number of amides is 1. The quantitative estimate of drug-likeness (QED) is 0.771. The van der Waals surface area contributed by atoms with Crippen LogP contribution < -0.4 is 10.2 Å². The van der Waals surface area contributed by atoms with E-state index in [0.29, 0.717) is 17.5 Å². The summed E-state index contributed by atoms with van der Waals surface area (Å²) in [5.41, 5.74) is 1.70. The van der Waals surface area contributed by atoms with Crippen molar-refractivity contribution in [2.24, 2.45) is 5.92 Å². The first-order valence-electron chi connectivity index (χ1n) is 10.1. The maximum Gasteiger partial charge on any atom is 0.230 e. The third-order valence-electron chi connectivity index (χ3n) is 6.32. The zero-order valence-corrected chi connectivity index (χ0v) is 16.7. The average Bonchev–Trinajstić information content (AvgIpc) is 3.38. The Morgan fingerprint density at radius 2 is 1.79 bits per heavy atom. The van der Waals surface area contributed by atoms with Crippen molar-refractivity contribution in [1.29, 1.82) is 0 Å². The average molecular weight is 401 g/mol. The highest BCUT2D eigenvalue weighted by Crippen LogP contribution is 2.41. The van der Waals surface area contributed by atoms with Gasteiger partial charge in [0, 0.05) is 30.3 Å². The molecular weight excluding hydrogens is 375 g/mol. The minimum atomic E-state index is -0.417. The van der Waals surface area contributed by atoms with Crippen LogP contribution in [0.4, 0.5) is 10.1 Å². The van der Waals surface area contributed by atoms with E-state index in [9.17, 15) is 9.18 Å². The first-order valence-corrected chi connectivity index (χ1v) is 10.5. The normalized spacial score (nSPS) is 21.1. The van der Waals surface area contributed by atoms with Crippen molar-refractivity contribution in [2.45, 2.75) is 37.5 Å². The third-order valence-corrected chi connectivity index (χ3v) is 6.57. The Balaban J connectivity index is 1.38. The van der Waals surface area contributed by atoms with Crippen molar-refractivity contribution >= 4 is 23.2 Å². The van der Waals surface area contributed by atoms with Crippen LogP contribution in [0, 0.1) is 11.7 Å². The molecule has 1 saturated carbocycles. The Labute approximate surface area is 170 Å². The topological polar surface area (TPSA) is 32.3 Å². The standard InChI is InChI=1S/C23H26ClFN2O/c24-19-5-3-18(4-6-19)23(12-1-2-13-23)22(28)26-15-17-11-14-27(16-17)21-9-7-20(25)8-10-21/h3-10,17H,1-2,11-16H2,(H,26,28). The molecule has 4 rings (SSSR count). The first-order chi connectivity index (χ1) is 13.6. The van der Waals surface area contributed by atoms with Crippen molar-refractivity contribution < 1.29 is 9.18 Å². The number of hydrogen-bond donors (Lipinski definition) is 1. The van der Waals surface area contributed by atoms with E-state index in [0.717, 1.165) is 56.4 Å². The molecule has 1 amide bonds. The van der Waals surface area contributed by atoms with Crippen LogP contribution in [0.1, 0.15) is 37.7 Å². The Hall–Kier alpha value is -2.07. The van der Waals surface area contributed by atoms with Crippen LogP contribution >= 0.6 is 11.6 Å². The highest BCUT2D eigenvalue weighted by atomic mass is 35.5. The first kappa shape index (κ1) is 19.3. The summed E-state index contributed by atoms with van der Waals surface area (Å²) in [6.45, 7) is 2.51. The van der Waals surface area contributed by atoms with Gasteiger partial charge in [-0.05, 0) is 67.1 Å². The van der Waals surface area contributed by atoms with Gasteiger partial charge in [0.05, 0.1) is 5.41 Å². The van der Waals surface area contributed by atoms with Gasteiger partial charge in [0.25, 0.3) is 0 Å². The molecule has 0 aromatic heterocycles. The van der Waals surface area contributed by atoms with Crippen molar-refractivity contribution in [3.63, 3.8) is 0 Å². The van der Waals surface area contributed by atoms with Crippen molar-refractivity contribution in [3.05, 3.63) is 64.9 Å². The predicted octanol–water partition coefficient (Wildman–Crippen LogP) is 4.93. The number of benzene rings is 2. The van der Waals surface area contributed by atoms with Crippen LogP contribution in [0.2, 0.25) is 5.02 Å². The van der Waals surface area contributed by atoms with E-state index in [1.807, 2.05) is 36.4 Å². The highest BCUT2D eigenvalue weighted by Gasteiger charge is 2.42. The molecule has 1 unspecified atom stereocenters.